The molecule has 1 saturated carbocycles. The van der Waals surface area contributed by atoms with Crippen LogP contribution in [0, 0.1) is 11.7 Å². The van der Waals surface area contributed by atoms with Crippen molar-refractivity contribution in [2.45, 2.75) is 57.5 Å². The van der Waals surface area contributed by atoms with Crippen molar-refractivity contribution in [1.29, 1.82) is 0 Å². The minimum atomic E-state index is -3.53. The van der Waals surface area contributed by atoms with E-state index in [1.165, 1.54) is 6.07 Å². The number of ether oxygens (including phenoxy) is 1. The first-order valence-electron chi connectivity index (χ1n) is 10.7. The van der Waals surface area contributed by atoms with Crippen LogP contribution in [0.2, 0.25) is 0 Å². The lowest BCUT2D eigenvalue weighted by molar-refractivity contribution is -0.134. The molecule has 0 bridgehead atoms. The van der Waals surface area contributed by atoms with Gasteiger partial charge in [0.05, 0.1) is 18.4 Å². The predicted octanol–water partition coefficient (Wildman–Crippen LogP) is 1.77. The summed E-state index contributed by atoms with van der Waals surface area (Å²) in [6.07, 6.45) is 3.94. The molecule has 1 aliphatic carbocycles. The van der Waals surface area contributed by atoms with Crippen molar-refractivity contribution in [1.82, 2.24) is 15.4 Å². The van der Waals surface area contributed by atoms with E-state index in [2.05, 4.69) is 15.4 Å². The van der Waals surface area contributed by atoms with Gasteiger partial charge in [-0.3, -0.25) is 14.9 Å². The summed E-state index contributed by atoms with van der Waals surface area (Å²) in [5, 5.41) is 5.33. The average molecular weight is 456 g/mol. The number of unbranched alkanes of at least 4 members (excludes halogenated alkanes) is 1. The molecule has 172 valence electrons. The van der Waals surface area contributed by atoms with Gasteiger partial charge in [-0.05, 0) is 69.2 Å². The number of halogens is 1. The summed E-state index contributed by atoms with van der Waals surface area (Å²) in [6, 6.07) is 3.46. The molecule has 2 amide bonds. The van der Waals surface area contributed by atoms with Crippen LogP contribution < -0.4 is 20.1 Å². The van der Waals surface area contributed by atoms with Gasteiger partial charge in [0, 0.05) is 12.5 Å². The maximum atomic E-state index is 13.9. The second-order valence-corrected chi connectivity index (χ2v) is 10.1. The van der Waals surface area contributed by atoms with Crippen LogP contribution in [0.15, 0.2) is 18.2 Å². The van der Waals surface area contributed by atoms with E-state index in [4.69, 9.17) is 4.74 Å². The third-order valence-electron chi connectivity index (χ3n) is 5.45. The minimum Gasteiger partial charge on any atom is -0.490 e. The summed E-state index contributed by atoms with van der Waals surface area (Å²) in [7, 11) is -3.53. The molecule has 31 heavy (non-hydrogen) atoms. The number of amides is 2. The van der Waals surface area contributed by atoms with Crippen molar-refractivity contribution in [2.24, 2.45) is 5.92 Å². The molecule has 1 aliphatic heterocycles. The van der Waals surface area contributed by atoms with Gasteiger partial charge in [0.15, 0.2) is 11.6 Å². The van der Waals surface area contributed by atoms with E-state index in [1.807, 2.05) is 0 Å². The van der Waals surface area contributed by atoms with Crippen LogP contribution in [-0.2, 0) is 19.6 Å². The van der Waals surface area contributed by atoms with Crippen molar-refractivity contribution in [2.75, 3.05) is 18.9 Å². The average Bonchev–Trinajstić information content (AvgIpc) is 3.52. The minimum absolute atomic E-state index is 0.0550. The Hall–Kier alpha value is -2.04. The van der Waals surface area contributed by atoms with Crippen molar-refractivity contribution >= 4 is 21.8 Å². The van der Waals surface area contributed by atoms with E-state index in [0.717, 1.165) is 12.8 Å². The topological polar surface area (TPSA) is 114 Å². The van der Waals surface area contributed by atoms with Gasteiger partial charge in [-0.15, -0.1) is 0 Å². The smallest absolute Gasteiger partial charge is 0.243 e. The highest BCUT2D eigenvalue weighted by atomic mass is 32.2. The summed E-state index contributed by atoms with van der Waals surface area (Å²) in [5.41, 5.74) is 0.635. The fourth-order valence-electron chi connectivity index (χ4n) is 3.37. The first-order valence-corrected chi connectivity index (χ1v) is 12.4. The molecule has 1 aromatic rings. The Morgan fingerprint density at radius 2 is 2.00 bits per heavy atom. The van der Waals surface area contributed by atoms with Crippen molar-refractivity contribution in [3.8, 4) is 5.75 Å². The summed E-state index contributed by atoms with van der Waals surface area (Å²) in [6.45, 7) is 2.67. The molecule has 1 unspecified atom stereocenters. The molecule has 2 aliphatic rings. The molecule has 0 spiro atoms. The second-order valence-electron chi connectivity index (χ2n) is 8.27. The normalized spacial score (nSPS) is 20.4. The Morgan fingerprint density at radius 3 is 2.71 bits per heavy atom. The van der Waals surface area contributed by atoms with Crippen molar-refractivity contribution in [3.05, 3.63) is 29.6 Å². The zero-order valence-corrected chi connectivity index (χ0v) is 18.5. The Bertz CT molecular complexity index is 904. The molecule has 0 aromatic heterocycles. The highest BCUT2D eigenvalue weighted by Crippen LogP contribution is 2.31. The lowest BCUT2D eigenvalue weighted by Crippen LogP contribution is -2.50. The number of carbonyl (C=O) groups excluding carboxylic acids is 2. The van der Waals surface area contributed by atoms with E-state index < -0.39 is 27.9 Å². The van der Waals surface area contributed by atoms with E-state index in [0.29, 0.717) is 50.3 Å². The van der Waals surface area contributed by atoms with E-state index >= 15 is 0 Å². The van der Waals surface area contributed by atoms with Gasteiger partial charge in [0.2, 0.25) is 21.8 Å². The third-order valence-corrected chi connectivity index (χ3v) is 6.99. The number of piperidine rings is 1. The van der Waals surface area contributed by atoms with Gasteiger partial charge in [0.25, 0.3) is 0 Å². The fourth-order valence-corrected chi connectivity index (χ4v) is 4.75. The zero-order valence-electron chi connectivity index (χ0n) is 17.7. The highest BCUT2D eigenvalue weighted by molar-refractivity contribution is 7.89. The van der Waals surface area contributed by atoms with Gasteiger partial charge in [-0.25, -0.2) is 17.5 Å². The molecule has 1 heterocycles. The van der Waals surface area contributed by atoms with Crippen LogP contribution >= 0.6 is 0 Å². The van der Waals surface area contributed by atoms with Crippen LogP contribution in [0.25, 0.3) is 0 Å². The van der Waals surface area contributed by atoms with Crippen molar-refractivity contribution in [3.63, 3.8) is 0 Å². The molecule has 3 rings (SSSR count). The fraction of sp³-hybridized carbons (Fsp3) is 0.619. The largest absolute Gasteiger partial charge is 0.490 e. The number of hydrogen-bond acceptors (Lipinski definition) is 6. The quantitative estimate of drug-likeness (QED) is 0.327. The monoisotopic (exact) mass is 455 g/mol. The van der Waals surface area contributed by atoms with Gasteiger partial charge >= 0.3 is 0 Å². The number of carbonyl (C=O) groups is 2. The Morgan fingerprint density at radius 1 is 1.23 bits per heavy atom. The first-order chi connectivity index (χ1) is 14.7. The molecule has 1 aromatic carbocycles. The Kier molecular flexibility index (Phi) is 8.01. The second kappa shape index (κ2) is 10.5. The van der Waals surface area contributed by atoms with Gasteiger partial charge in [-0.1, -0.05) is 6.07 Å². The molecular formula is C21H30FN3O5S. The SMILES string of the molecule is C[C@@H](NS(=O)(=O)CCCCNC1CCC(=O)NC1=O)c1ccc(F)c(OCC2CC2)c1. The van der Waals surface area contributed by atoms with Gasteiger partial charge in [0.1, 0.15) is 0 Å². The number of benzene rings is 1. The molecule has 3 N–H and O–H groups in total. The number of sulfonamides is 1. The van der Waals surface area contributed by atoms with Gasteiger partial charge < -0.3 is 10.1 Å². The number of rotatable bonds is 12. The molecule has 1 saturated heterocycles. The summed E-state index contributed by atoms with van der Waals surface area (Å²) in [4.78, 5) is 22.8. The number of imide groups is 1. The number of hydrogen-bond donors (Lipinski definition) is 3. The van der Waals surface area contributed by atoms with E-state index in [1.54, 1.807) is 19.1 Å². The van der Waals surface area contributed by atoms with E-state index in [-0.39, 0.29) is 23.3 Å². The first kappa shape index (κ1) is 23.6. The standard InChI is InChI=1S/C21H30FN3O5S/c1-14(16-6-7-17(22)19(12-16)30-13-15-4-5-15)25-31(28,29)11-3-2-10-23-18-8-9-20(26)24-21(18)27/h6-7,12,14-15,18,23,25H,2-5,8-11,13H2,1H3,(H,24,26,27)/t14-,18?/m1/s1. The van der Waals surface area contributed by atoms with Crippen LogP contribution in [0.4, 0.5) is 4.39 Å². The Labute approximate surface area is 182 Å². The third kappa shape index (κ3) is 7.55. The highest BCUT2D eigenvalue weighted by Gasteiger charge is 2.26. The maximum absolute atomic E-state index is 13.9. The Balaban J connectivity index is 1.40. The maximum Gasteiger partial charge on any atom is 0.243 e. The molecule has 8 nitrogen and oxygen atoms in total. The van der Waals surface area contributed by atoms with E-state index in [9.17, 15) is 22.4 Å². The summed E-state index contributed by atoms with van der Waals surface area (Å²) in [5.74, 6) is -0.474. The van der Waals surface area contributed by atoms with Crippen LogP contribution in [0.5, 0.6) is 5.75 Å². The van der Waals surface area contributed by atoms with Crippen LogP contribution in [0.3, 0.4) is 0 Å². The lowest BCUT2D eigenvalue weighted by atomic mass is 10.1. The summed E-state index contributed by atoms with van der Waals surface area (Å²) >= 11 is 0. The number of nitrogens with one attached hydrogen (secondary N) is 3. The van der Waals surface area contributed by atoms with Crippen LogP contribution in [0.1, 0.15) is 57.1 Å². The molecule has 2 atom stereocenters. The predicted molar refractivity (Wildman–Crippen MR) is 113 cm³/mol. The van der Waals surface area contributed by atoms with Crippen molar-refractivity contribution < 1.29 is 27.1 Å². The zero-order chi connectivity index (χ0) is 22.4. The molecule has 0 radical (unpaired) electrons. The van der Waals surface area contributed by atoms with Crippen LogP contribution in [-0.4, -0.2) is 45.2 Å². The molecule has 10 heteroatoms. The molecular weight excluding hydrogens is 425 g/mol. The summed E-state index contributed by atoms with van der Waals surface area (Å²) < 4.78 is 46.9. The van der Waals surface area contributed by atoms with Gasteiger partial charge in [-0.2, -0.15) is 0 Å². The lowest BCUT2D eigenvalue weighted by Gasteiger charge is -2.21. The molecule has 2 fully saturated rings.